The van der Waals surface area contributed by atoms with Crippen LogP contribution < -0.4 is 9.64 Å². The van der Waals surface area contributed by atoms with Crippen LogP contribution in [0.25, 0.3) is 17.0 Å². The fourth-order valence-electron chi connectivity index (χ4n) is 3.66. The van der Waals surface area contributed by atoms with Crippen LogP contribution in [0.2, 0.25) is 0 Å². The van der Waals surface area contributed by atoms with Crippen LogP contribution in [0.5, 0.6) is 5.88 Å². The van der Waals surface area contributed by atoms with Crippen LogP contribution in [0.1, 0.15) is 24.5 Å². The normalized spacial score (nSPS) is 14.0. The van der Waals surface area contributed by atoms with Crippen LogP contribution in [0.3, 0.4) is 0 Å². The summed E-state index contributed by atoms with van der Waals surface area (Å²) >= 11 is 0. The summed E-state index contributed by atoms with van der Waals surface area (Å²) in [5, 5.41) is 26.8. The topological polar surface area (TPSA) is 106 Å². The zero-order valence-electron chi connectivity index (χ0n) is 16.6. The van der Waals surface area contributed by atoms with Gasteiger partial charge in [-0.15, -0.1) is 15.3 Å². The molecule has 0 saturated carbocycles. The van der Waals surface area contributed by atoms with Gasteiger partial charge in [0.1, 0.15) is 18.9 Å². The summed E-state index contributed by atoms with van der Waals surface area (Å²) in [6, 6.07) is 11.8. The van der Waals surface area contributed by atoms with Gasteiger partial charge in [-0.2, -0.15) is 9.61 Å². The molecule has 0 unspecified atom stereocenters. The first kappa shape index (κ1) is 18.5. The summed E-state index contributed by atoms with van der Waals surface area (Å²) in [5.74, 6) is 2.13. The average molecular weight is 406 g/mol. The Bertz CT molecular complexity index is 1160. The molecular formula is C20H22N8O2. The fourth-order valence-corrected chi connectivity index (χ4v) is 3.66. The SMILES string of the molecule is Cn1nc(CO)nc1COc1nn2c(-c3ccccc3)nnc2cc1N1CCCC1. The van der Waals surface area contributed by atoms with Crippen LogP contribution in [-0.4, -0.2) is 52.8 Å². The molecule has 1 aromatic carbocycles. The van der Waals surface area contributed by atoms with Crippen molar-refractivity contribution >= 4 is 11.3 Å². The van der Waals surface area contributed by atoms with Crippen LogP contribution >= 0.6 is 0 Å². The third-order valence-corrected chi connectivity index (χ3v) is 5.20. The molecule has 1 N–H and O–H groups in total. The molecule has 0 radical (unpaired) electrons. The Balaban J connectivity index is 1.54. The molecule has 3 aromatic heterocycles. The van der Waals surface area contributed by atoms with Crippen molar-refractivity contribution in [3.8, 4) is 17.3 Å². The summed E-state index contributed by atoms with van der Waals surface area (Å²) in [6.07, 6.45) is 2.27. The van der Waals surface area contributed by atoms with E-state index in [-0.39, 0.29) is 13.2 Å². The Morgan fingerprint density at radius 3 is 2.60 bits per heavy atom. The van der Waals surface area contributed by atoms with Gasteiger partial charge in [0.05, 0.1) is 0 Å². The summed E-state index contributed by atoms with van der Waals surface area (Å²) in [7, 11) is 1.77. The van der Waals surface area contributed by atoms with E-state index in [0.29, 0.717) is 29.0 Å². The predicted molar refractivity (Wildman–Crippen MR) is 109 cm³/mol. The molecule has 1 fully saturated rings. The van der Waals surface area contributed by atoms with Crippen LogP contribution in [0.15, 0.2) is 36.4 Å². The molecule has 0 aliphatic carbocycles. The first-order valence-corrected chi connectivity index (χ1v) is 9.92. The van der Waals surface area contributed by atoms with Gasteiger partial charge in [0.25, 0.3) is 5.88 Å². The number of hydrogen-bond acceptors (Lipinski definition) is 8. The average Bonchev–Trinajstić information content (AvgIpc) is 3.52. The molecule has 1 aliphatic rings. The maximum atomic E-state index is 9.27. The maximum Gasteiger partial charge on any atom is 0.256 e. The lowest BCUT2D eigenvalue weighted by atomic mass is 10.2. The molecule has 30 heavy (non-hydrogen) atoms. The molecule has 5 rings (SSSR count). The molecule has 154 valence electrons. The largest absolute Gasteiger partial charge is 0.467 e. The standard InChI is InChI=1S/C20H22N8O2/c1-26-18(21-16(12-29)24-26)13-30-20-15(27-9-5-6-10-27)11-17-22-23-19(28(17)25-20)14-7-3-2-4-8-14/h2-4,7-8,11,29H,5-6,9-10,12-13H2,1H3. The number of fused-ring (bicyclic) bond motifs is 1. The highest BCUT2D eigenvalue weighted by Crippen LogP contribution is 2.31. The molecule has 4 aromatic rings. The first-order chi connectivity index (χ1) is 14.7. The number of anilines is 1. The lowest BCUT2D eigenvalue weighted by Gasteiger charge is -2.20. The van der Waals surface area contributed by atoms with Crippen molar-refractivity contribution in [2.24, 2.45) is 7.05 Å². The number of nitrogens with zero attached hydrogens (tertiary/aromatic N) is 8. The van der Waals surface area contributed by atoms with Gasteiger partial charge in [-0.05, 0) is 12.8 Å². The predicted octanol–water partition coefficient (Wildman–Crippen LogP) is 1.59. The second-order valence-corrected chi connectivity index (χ2v) is 7.20. The second-order valence-electron chi connectivity index (χ2n) is 7.20. The van der Waals surface area contributed by atoms with Crippen LogP contribution in [-0.2, 0) is 20.3 Å². The number of hydrogen-bond donors (Lipinski definition) is 1. The van der Waals surface area contributed by atoms with Gasteiger partial charge in [0, 0.05) is 31.8 Å². The monoisotopic (exact) mass is 406 g/mol. The smallest absolute Gasteiger partial charge is 0.256 e. The zero-order valence-corrected chi connectivity index (χ0v) is 16.6. The third-order valence-electron chi connectivity index (χ3n) is 5.20. The Morgan fingerprint density at radius 2 is 1.87 bits per heavy atom. The number of aliphatic hydroxyl groups is 1. The fraction of sp³-hybridized carbons (Fsp3) is 0.350. The first-order valence-electron chi connectivity index (χ1n) is 9.92. The van der Waals surface area contributed by atoms with Gasteiger partial charge in [0.15, 0.2) is 23.1 Å². The highest BCUT2D eigenvalue weighted by atomic mass is 16.5. The number of rotatable bonds is 6. The minimum absolute atomic E-state index is 0.186. The van der Waals surface area contributed by atoms with Crippen molar-refractivity contribution in [2.75, 3.05) is 18.0 Å². The van der Waals surface area contributed by atoms with Crippen LogP contribution in [0.4, 0.5) is 5.69 Å². The minimum atomic E-state index is -0.210. The van der Waals surface area contributed by atoms with E-state index in [9.17, 15) is 5.11 Å². The zero-order chi connectivity index (χ0) is 20.5. The molecular weight excluding hydrogens is 384 g/mol. The summed E-state index contributed by atoms with van der Waals surface area (Å²) < 4.78 is 9.42. The molecule has 0 bridgehead atoms. The van der Waals surface area contributed by atoms with Gasteiger partial charge in [-0.1, -0.05) is 30.3 Å². The molecule has 10 heteroatoms. The third kappa shape index (κ3) is 3.35. The van der Waals surface area contributed by atoms with E-state index in [1.807, 2.05) is 36.4 Å². The Hall–Kier alpha value is -3.53. The summed E-state index contributed by atoms with van der Waals surface area (Å²) in [6.45, 7) is 1.88. The Morgan fingerprint density at radius 1 is 1.07 bits per heavy atom. The van der Waals surface area contributed by atoms with Gasteiger partial charge in [-0.25, -0.2) is 9.67 Å². The quantitative estimate of drug-likeness (QED) is 0.515. The van der Waals surface area contributed by atoms with Gasteiger partial charge < -0.3 is 14.7 Å². The lowest BCUT2D eigenvalue weighted by molar-refractivity contribution is 0.269. The Kier molecular flexibility index (Phi) is 4.75. The van der Waals surface area contributed by atoms with Crippen molar-refractivity contribution in [1.29, 1.82) is 0 Å². The molecule has 4 heterocycles. The van der Waals surface area contributed by atoms with E-state index in [1.54, 1.807) is 16.2 Å². The molecule has 0 atom stereocenters. The number of aryl methyl sites for hydroxylation is 1. The highest BCUT2D eigenvalue weighted by Gasteiger charge is 2.22. The van der Waals surface area contributed by atoms with Gasteiger partial charge >= 0.3 is 0 Å². The molecule has 10 nitrogen and oxygen atoms in total. The number of benzene rings is 1. The van der Waals surface area contributed by atoms with Gasteiger partial charge in [0.2, 0.25) is 0 Å². The maximum absolute atomic E-state index is 9.27. The molecule has 0 spiro atoms. The number of aromatic nitrogens is 7. The van der Waals surface area contributed by atoms with Crippen molar-refractivity contribution in [3.05, 3.63) is 48.0 Å². The van der Waals surface area contributed by atoms with E-state index in [0.717, 1.165) is 37.2 Å². The number of ether oxygens (including phenoxy) is 1. The second kappa shape index (κ2) is 7.71. The van der Waals surface area contributed by atoms with Crippen molar-refractivity contribution in [3.63, 3.8) is 0 Å². The lowest BCUT2D eigenvalue weighted by Crippen LogP contribution is -2.20. The molecule has 1 saturated heterocycles. The van der Waals surface area contributed by atoms with Crippen molar-refractivity contribution in [2.45, 2.75) is 26.1 Å². The van der Waals surface area contributed by atoms with Crippen molar-refractivity contribution < 1.29 is 9.84 Å². The van der Waals surface area contributed by atoms with E-state index >= 15 is 0 Å². The van der Waals surface area contributed by atoms with E-state index in [1.165, 1.54) is 0 Å². The summed E-state index contributed by atoms with van der Waals surface area (Å²) in [4.78, 5) is 6.55. The van der Waals surface area contributed by atoms with E-state index < -0.39 is 0 Å². The highest BCUT2D eigenvalue weighted by molar-refractivity contribution is 5.65. The van der Waals surface area contributed by atoms with E-state index in [2.05, 4.69) is 25.2 Å². The number of aliphatic hydroxyl groups excluding tert-OH is 1. The summed E-state index contributed by atoms with van der Waals surface area (Å²) in [5.41, 5.74) is 2.50. The molecule has 1 aliphatic heterocycles. The minimum Gasteiger partial charge on any atom is -0.467 e. The van der Waals surface area contributed by atoms with Crippen LogP contribution in [0, 0.1) is 0 Å². The van der Waals surface area contributed by atoms with Crippen molar-refractivity contribution in [1.82, 2.24) is 34.6 Å². The van der Waals surface area contributed by atoms with E-state index in [4.69, 9.17) is 9.84 Å². The molecule has 0 amide bonds. The van der Waals surface area contributed by atoms with Gasteiger partial charge in [-0.3, -0.25) is 0 Å². The Labute approximate surface area is 172 Å².